The van der Waals surface area contributed by atoms with Gasteiger partial charge in [0.25, 0.3) is 0 Å². The Morgan fingerprint density at radius 3 is 2.48 bits per heavy atom. The second-order valence-electron chi connectivity index (χ2n) is 9.36. The molecule has 3 fully saturated rings. The van der Waals surface area contributed by atoms with Crippen molar-refractivity contribution in [2.75, 3.05) is 0 Å². The van der Waals surface area contributed by atoms with Crippen LogP contribution in [0.4, 0.5) is 13.2 Å². The van der Waals surface area contributed by atoms with Crippen LogP contribution >= 0.6 is 0 Å². The van der Waals surface area contributed by atoms with Gasteiger partial charge in [0, 0.05) is 42.3 Å². The zero-order chi connectivity index (χ0) is 21.4. The topological polar surface area (TPSA) is 37.6 Å². The second kappa shape index (κ2) is 6.22. The number of carbonyl (C=O) groups is 1. The van der Waals surface area contributed by atoms with Crippen molar-refractivity contribution < 1.29 is 18.0 Å². The quantitative estimate of drug-likeness (QED) is 0.569. The molecule has 2 bridgehead atoms. The SMILES string of the molecule is O=C(N1N=CCC1c1cc(F)cc(F)c1)C12CC(Cn3ccc4cc(F)ccc43)(C1)C2. The maximum atomic E-state index is 13.7. The zero-order valence-corrected chi connectivity index (χ0v) is 16.7. The lowest BCUT2D eigenvalue weighted by Gasteiger charge is -2.70. The van der Waals surface area contributed by atoms with Gasteiger partial charge in [-0.15, -0.1) is 0 Å². The summed E-state index contributed by atoms with van der Waals surface area (Å²) in [7, 11) is 0. The Morgan fingerprint density at radius 2 is 1.74 bits per heavy atom. The minimum absolute atomic E-state index is 0.0581. The van der Waals surface area contributed by atoms with E-state index in [9.17, 15) is 18.0 Å². The van der Waals surface area contributed by atoms with Gasteiger partial charge in [0.05, 0.1) is 11.5 Å². The smallest absolute Gasteiger partial charge is 0.249 e. The molecule has 4 nitrogen and oxygen atoms in total. The Bertz CT molecular complexity index is 1220. The first-order valence-electron chi connectivity index (χ1n) is 10.4. The van der Waals surface area contributed by atoms with E-state index >= 15 is 0 Å². The molecule has 2 aromatic carbocycles. The average molecular weight is 423 g/mol. The minimum atomic E-state index is -0.655. The molecule has 0 spiro atoms. The molecular formula is C24H20F3N3O. The fourth-order valence-corrected chi connectivity index (χ4v) is 5.96. The highest BCUT2D eigenvalue weighted by Crippen LogP contribution is 2.74. The maximum Gasteiger partial charge on any atom is 0.249 e. The molecule has 3 aromatic rings. The van der Waals surface area contributed by atoms with Crippen LogP contribution in [-0.4, -0.2) is 21.7 Å². The summed E-state index contributed by atoms with van der Waals surface area (Å²) >= 11 is 0. The highest BCUT2D eigenvalue weighted by Gasteiger charge is 2.72. The van der Waals surface area contributed by atoms with Crippen LogP contribution in [0.3, 0.4) is 0 Å². The standard InChI is InChI=1S/C24H20F3N3O/c25-17-1-2-20-15(7-17)4-6-29(20)14-23-11-24(12-23,13-23)22(31)30-21(3-5-28-30)16-8-18(26)10-19(27)9-16/h1-2,4-10,21H,3,11-14H2. The number of fused-ring (bicyclic) bond motifs is 1. The fraction of sp³-hybridized carbons (Fsp3) is 0.333. The van der Waals surface area contributed by atoms with Crippen molar-refractivity contribution >= 4 is 23.0 Å². The molecule has 1 aromatic heterocycles. The van der Waals surface area contributed by atoms with Crippen molar-refractivity contribution in [2.24, 2.45) is 15.9 Å². The summed E-state index contributed by atoms with van der Waals surface area (Å²) < 4.78 is 43.0. The monoisotopic (exact) mass is 423 g/mol. The summed E-state index contributed by atoms with van der Waals surface area (Å²) in [4.78, 5) is 13.3. The van der Waals surface area contributed by atoms with Crippen LogP contribution in [-0.2, 0) is 11.3 Å². The predicted molar refractivity (Wildman–Crippen MR) is 110 cm³/mol. The summed E-state index contributed by atoms with van der Waals surface area (Å²) in [5.74, 6) is -1.62. The van der Waals surface area contributed by atoms with E-state index in [1.807, 2.05) is 12.3 Å². The van der Waals surface area contributed by atoms with Gasteiger partial charge in [-0.2, -0.15) is 5.10 Å². The number of hydrazone groups is 1. The highest BCUT2D eigenvalue weighted by atomic mass is 19.1. The van der Waals surface area contributed by atoms with Gasteiger partial charge < -0.3 is 4.57 Å². The molecule has 3 saturated carbocycles. The van der Waals surface area contributed by atoms with E-state index in [1.165, 1.54) is 29.3 Å². The molecule has 1 amide bonds. The van der Waals surface area contributed by atoms with Crippen LogP contribution < -0.4 is 0 Å². The van der Waals surface area contributed by atoms with Gasteiger partial charge in [0.1, 0.15) is 17.5 Å². The number of aromatic nitrogens is 1. The fourth-order valence-electron chi connectivity index (χ4n) is 5.96. The summed E-state index contributed by atoms with van der Waals surface area (Å²) in [6, 6.07) is 9.59. The van der Waals surface area contributed by atoms with E-state index in [2.05, 4.69) is 9.67 Å². The number of benzene rings is 2. The first kappa shape index (κ1) is 18.7. The molecule has 0 radical (unpaired) electrons. The Labute approximate surface area is 177 Å². The van der Waals surface area contributed by atoms with Gasteiger partial charge in [0.2, 0.25) is 5.91 Å². The molecule has 7 heteroatoms. The van der Waals surface area contributed by atoms with E-state index in [4.69, 9.17) is 0 Å². The summed E-state index contributed by atoms with van der Waals surface area (Å²) in [6.45, 7) is 0.791. The van der Waals surface area contributed by atoms with Crippen LogP contribution in [0, 0.1) is 28.3 Å². The molecule has 1 unspecified atom stereocenters. The van der Waals surface area contributed by atoms with Crippen LogP contribution in [0.25, 0.3) is 10.9 Å². The summed E-state index contributed by atoms with van der Waals surface area (Å²) in [6.07, 6.45) is 6.37. The van der Waals surface area contributed by atoms with Gasteiger partial charge in [0.15, 0.2) is 0 Å². The van der Waals surface area contributed by atoms with Crippen LogP contribution in [0.15, 0.2) is 53.8 Å². The lowest BCUT2D eigenvalue weighted by Crippen LogP contribution is -2.68. The largest absolute Gasteiger partial charge is 0.347 e. The zero-order valence-electron chi connectivity index (χ0n) is 16.7. The van der Waals surface area contributed by atoms with E-state index < -0.39 is 23.1 Å². The number of hydrogen-bond donors (Lipinski definition) is 0. The number of rotatable bonds is 4. The third kappa shape index (κ3) is 2.75. The van der Waals surface area contributed by atoms with Crippen LogP contribution in [0.5, 0.6) is 0 Å². The van der Waals surface area contributed by atoms with Crippen LogP contribution in [0.2, 0.25) is 0 Å². The maximum absolute atomic E-state index is 13.7. The molecule has 0 N–H and O–H groups in total. The lowest BCUT2D eigenvalue weighted by atomic mass is 9.34. The van der Waals surface area contributed by atoms with E-state index in [-0.39, 0.29) is 17.1 Å². The Kier molecular flexibility index (Phi) is 3.74. The minimum Gasteiger partial charge on any atom is -0.347 e. The molecule has 1 atom stereocenters. The van der Waals surface area contributed by atoms with Gasteiger partial charge >= 0.3 is 0 Å². The number of amides is 1. The van der Waals surface area contributed by atoms with Crippen LogP contribution in [0.1, 0.15) is 37.3 Å². The molecule has 0 saturated heterocycles. The number of carbonyl (C=O) groups excluding carboxylic acids is 1. The van der Waals surface area contributed by atoms with Crippen molar-refractivity contribution in [3.05, 3.63) is 71.7 Å². The van der Waals surface area contributed by atoms with Gasteiger partial charge in [-0.25, -0.2) is 18.2 Å². The summed E-state index contributed by atoms with van der Waals surface area (Å²) in [5, 5.41) is 6.54. The van der Waals surface area contributed by atoms with Crippen molar-refractivity contribution in [3.63, 3.8) is 0 Å². The number of halogens is 3. The van der Waals surface area contributed by atoms with Crippen molar-refractivity contribution in [2.45, 2.75) is 38.3 Å². The van der Waals surface area contributed by atoms with Gasteiger partial charge in [-0.3, -0.25) is 4.79 Å². The number of nitrogens with zero attached hydrogens (tertiary/aromatic N) is 3. The third-order valence-corrected chi connectivity index (χ3v) is 7.14. The van der Waals surface area contributed by atoms with E-state index in [0.717, 1.165) is 42.8 Å². The molecule has 7 rings (SSSR count). The molecule has 3 aliphatic carbocycles. The second-order valence-corrected chi connectivity index (χ2v) is 9.36. The Morgan fingerprint density at radius 1 is 1.00 bits per heavy atom. The Balaban J connectivity index is 1.18. The highest BCUT2D eigenvalue weighted by molar-refractivity contribution is 5.88. The average Bonchev–Trinajstić information content (AvgIpc) is 3.29. The summed E-state index contributed by atoms with van der Waals surface area (Å²) in [5.41, 5.74) is 1.06. The lowest BCUT2D eigenvalue weighted by molar-refractivity contribution is -0.222. The van der Waals surface area contributed by atoms with Gasteiger partial charge in [-0.05, 0) is 66.6 Å². The van der Waals surface area contributed by atoms with Crippen molar-refractivity contribution in [3.8, 4) is 0 Å². The van der Waals surface area contributed by atoms with E-state index in [1.54, 1.807) is 12.3 Å². The molecule has 31 heavy (non-hydrogen) atoms. The molecule has 2 heterocycles. The van der Waals surface area contributed by atoms with Crippen molar-refractivity contribution in [1.29, 1.82) is 0 Å². The normalized spacial score (nSPS) is 28.6. The van der Waals surface area contributed by atoms with Crippen molar-refractivity contribution in [1.82, 2.24) is 9.58 Å². The first-order chi connectivity index (χ1) is 14.9. The molecule has 1 aliphatic heterocycles. The van der Waals surface area contributed by atoms with E-state index in [0.29, 0.717) is 12.0 Å². The molecular weight excluding hydrogens is 403 g/mol. The van der Waals surface area contributed by atoms with Gasteiger partial charge in [-0.1, -0.05) is 0 Å². The molecule has 158 valence electrons. The number of hydrogen-bond acceptors (Lipinski definition) is 2. The predicted octanol–water partition coefficient (Wildman–Crippen LogP) is 5.19. The first-order valence-corrected chi connectivity index (χ1v) is 10.4. The third-order valence-electron chi connectivity index (χ3n) is 7.14. The molecule has 4 aliphatic rings. The Hall–Kier alpha value is -3.09.